The summed E-state index contributed by atoms with van der Waals surface area (Å²) in [6.07, 6.45) is 0.767. The standard InChI is InChI=1S/C12H20N4O4/c1-12(3-5-20-7-12)15-8-9(13)16(4-6-19-2)11(18)14-10(8)17/h15H,3-7,13H2,1-2H3,(H,14,17,18). The van der Waals surface area contributed by atoms with Crippen LogP contribution in [0, 0.1) is 0 Å². The summed E-state index contributed by atoms with van der Waals surface area (Å²) in [6.45, 7) is 3.67. The first-order chi connectivity index (χ1) is 9.47. The molecule has 1 unspecified atom stereocenters. The molecule has 20 heavy (non-hydrogen) atoms. The lowest BCUT2D eigenvalue weighted by Crippen LogP contribution is -2.41. The molecule has 2 heterocycles. The van der Waals surface area contributed by atoms with E-state index in [2.05, 4.69) is 10.3 Å². The van der Waals surface area contributed by atoms with Crippen LogP contribution in [0.4, 0.5) is 11.5 Å². The topological polar surface area (TPSA) is 111 Å². The Kier molecular flexibility index (Phi) is 4.15. The molecule has 0 saturated carbocycles. The van der Waals surface area contributed by atoms with Crippen molar-refractivity contribution in [1.82, 2.24) is 9.55 Å². The molecule has 1 aliphatic rings. The highest BCUT2D eigenvalue weighted by Gasteiger charge is 2.31. The molecule has 1 saturated heterocycles. The molecule has 1 aromatic heterocycles. The van der Waals surface area contributed by atoms with Gasteiger partial charge < -0.3 is 20.5 Å². The second-order valence-electron chi connectivity index (χ2n) is 5.15. The van der Waals surface area contributed by atoms with Gasteiger partial charge in [0.15, 0.2) is 0 Å². The number of nitrogens with zero attached hydrogens (tertiary/aromatic N) is 1. The Balaban J connectivity index is 2.37. The lowest BCUT2D eigenvalue weighted by atomic mass is 10.0. The van der Waals surface area contributed by atoms with Gasteiger partial charge in [0.05, 0.1) is 25.3 Å². The lowest BCUT2D eigenvalue weighted by molar-refractivity contribution is 0.184. The predicted octanol–water partition coefficient (Wildman–Crippen LogP) is -0.644. The summed E-state index contributed by atoms with van der Waals surface area (Å²) in [5.41, 5.74) is 4.73. The van der Waals surface area contributed by atoms with E-state index in [1.807, 2.05) is 6.92 Å². The van der Waals surface area contributed by atoms with E-state index in [4.69, 9.17) is 15.2 Å². The fraction of sp³-hybridized carbons (Fsp3) is 0.667. The molecule has 4 N–H and O–H groups in total. The van der Waals surface area contributed by atoms with E-state index in [0.29, 0.717) is 19.8 Å². The summed E-state index contributed by atoms with van der Waals surface area (Å²) >= 11 is 0. The molecule has 0 aliphatic carbocycles. The minimum atomic E-state index is -0.539. The summed E-state index contributed by atoms with van der Waals surface area (Å²) in [5.74, 6) is 0.115. The molecule has 1 fully saturated rings. The zero-order valence-electron chi connectivity index (χ0n) is 11.7. The Hall–Kier alpha value is -1.80. The van der Waals surface area contributed by atoms with Crippen molar-refractivity contribution in [3.05, 3.63) is 20.8 Å². The van der Waals surface area contributed by atoms with Gasteiger partial charge in [0.2, 0.25) is 0 Å². The molecular weight excluding hydrogens is 264 g/mol. The highest BCUT2D eigenvalue weighted by molar-refractivity contribution is 5.61. The second-order valence-corrected chi connectivity index (χ2v) is 5.15. The number of anilines is 2. The van der Waals surface area contributed by atoms with Crippen LogP contribution in [0.3, 0.4) is 0 Å². The average Bonchev–Trinajstić information content (AvgIpc) is 2.81. The normalized spacial score (nSPS) is 22.1. The van der Waals surface area contributed by atoms with Gasteiger partial charge in [-0.3, -0.25) is 14.3 Å². The quantitative estimate of drug-likeness (QED) is 0.663. The third kappa shape index (κ3) is 2.86. The van der Waals surface area contributed by atoms with Crippen molar-refractivity contribution in [2.75, 3.05) is 38.0 Å². The van der Waals surface area contributed by atoms with Crippen LogP contribution >= 0.6 is 0 Å². The summed E-state index contributed by atoms with van der Waals surface area (Å²) in [4.78, 5) is 26.0. The van der Waals surface area contributed by atoms with Crippen molar-refractivity contribution >= 4 is 11.5 Å². The monoisotopic (exact) mass is 284 g/mol. The number of hydrogen-bond acceptors (Lipinski definition) is 6. The Labute approximate surface area is 115 Å². The van der Waals surface area contributed by atoms with Crippen molar-refractivity contribution in [3.8, 4) is 0 Å². The number of H-pyrrole nitrogens is 1. The summed E-state index contributed by atoms with van der Waals surface area (Å²) in [6, 6.07) is 0. The number of aromatic amines is 1. The Morgan fingerprint density at radius 2 is 2.30 bits per heavy atom. The summed E-state index contributed by atoms with van der Waals surface area (Å²) in [5, 5.41) is 3.10. The van der Waals surface area contributed by atoms with Crippen LogP contribution < -0.4 is 22.3 Å². The van der Waals surface area contributed by atoms with Crippen LogP contribution in [-0.4, -0.2) is 42.0 Å². The molecule has 8 nitrogen and oxygen atoms in total. The van der Waals surface area contributed by atoms with Crippen molar-refractivity contribution in [3.63, 3.8) is 0 Å². The van der Waals surface area contributed by atoms with Gasteiger partial charge in [0, 0.05) is 13.7 Å². The zero-order valence-corrected chi connectivity index (χ0v) is 11.7. The highest BCUT2D eigenvalue weighted by atomic mass is 16.5. The van der Waals surface area contributed by atoms with Crippen molar-refractivity contribution in [2.24, 2.45) is 0 Å². The van der Waals surface area contributed by atoms with Crippen LogP contribution in [0.1, 0.15) is 13.3 Å². The minimum Gasteiger partial charge on any atom is -0.383 e. The number of aromatic nitrogens is 2. The molecule has 0 bridgehead atoms. The molecule has 2 rings (SSSR count). The van der Waals surface area contributed by atoms with Crippen LogP contribution in [0.2, 0.25) is 0 Å². The van der Waals surface area contributed by atoms with Crippen LogP contribution in [0.5, 0.6) is 0 Å². The van der Waals surface area contributed by atoms with Gasteiger partial charge in [0.1, 0.15) is 11.5 Å². The fourth-order valence-corrected chi connectivity index (χ4v) is 2.18. The van der Waals surface area contributed by atoms with Gasteiger partial charge >= 0.3 is 5.69 Å². The molecule has 0 spiro atoms. The Morgan fingerprint density at radius 3 is 2.90 bits per heavy atom. The van der Waals surface area contributed by atoms with E-state index in [0.717, 1.165) is 6.42 Å². The highest BCUT2D eigenvalue weighted by Crippen LogP contribution is 2.24. The largest absolute Gasteiger partial charge is 0.383 e. The molecule has 0 radical (unpaired) electrons. The zero-order chi connectivity index (χ0) is 14.8. The number of nitrogen functional groups attached to an aromatic ring is 1. The molecule has 0 aromatic carbocycles. The summed E-state index contributed by atoms with van der Waals surface area (Å²) < 4.78 is 11.5. The maximum absolute atomic E-state index is 11.9. The van der Waals surface area contributed by atoms with Gasteiger partial charge in [-0.25, -0.2) is 4.79 Å². The Morgan fingerprint density at radius 1 is 1.55 bits per heavy atom. The first-order valence-corrected chi connectivity index (χ1v) is 6.44. The number of rotatable bonds is 5. The predicted molar refractivity (Wildman–Crippen MR) is 75.1 cm³/mol. The maximum atomic E-state index is 11.9. The van der Waals surface area contributed by atoms with Crippen LogP contribution in [-0.2, 0) is 16.0 Å². The van der Waals surface area contributed by atoms with E-state index < -0.39 is 11.2 Å². The van der Waals surface area contributed by atoms with E-state index in [9.17, 15) is 9.59 Å². The molecular formula is C12H20N4O4. The summed E-state index contributed by atoms with van der Waals surface area (Å²) in [7, 11) is 1.53. The van der Waals surface area contributed by atoms with Crippen LogP contribution in [0.25, 0.3) is 0 Å². The SMILES string of the molecule is COCCn1c(N)c(NC2(C)CCOC2)c(=O)[nH]c1=O. The average molecular weight is 284 g/mol. The van der Waals surface area contributed by atoms with Crippen molar-refractivity contribution in [1.29, 1.82) is 0 Å². The first kappa shape index (κ1) is 14.6. The Bertz CT molecular complexity index is 586. The number of nitrogens with one attached hydrogen (secondary N) is 2. The first-order valence-electron chi connectivity index (χ1n) is 6.44. The number of methoxy groups -OCH3 is 1. The molecule has 112 valence electrons. The fourth-order valence-electron chi connectivity index (χ4n) is 2.18. The number of ether oxygens (including phenoxy) is 2. The van der Waals surface area contributed by atoms with E-state index >= 15 is 0 Å². The van der Waals surface area contributed by atoms with Gasteiger partial charge in [-0.1, -0.05) is 0 Å². The third-order valence-electron chi connectivity index (χ3n) is 3.40. The van der Waals surface area contributed by atoms with Crippen LogP contribution in [0.15, 0.2) is 9.59 Å². The van der Waals surface area contributed by atoms with E-state index in [1.165, 1.54) is 11.7 Å². The van der Waals surface area contributed by atoms with Gasteiger partial charge in [-0.05, 0) is 13.3 Å². The number of hydrogen-bond donors (Lipinski definition) is 3. The molecule has 1 atom stereocenters. The van der Waals surface area contributed by atoms with Crippen molar-refractivity contribution < 1.29 is 9.47 Å². The minimum absolute atomic E-state index is 0.115. The molecule has 8 heteroatoms. The van der Waals surface area contributed by atoms with Gasteiger partial charge in [0.25, 0.3) is 5.56 Å². The van der Waals surface area contributed by atoms with E-state index in [1.54, 1.807) is 0 Å². The third-order valence-corrected chi connectivity index (χ3v) is 3.40. The molecule has 1 aliphatic heterocycles. The van der Waals surface area contributed by atoms with Gasteiger partial charge in [-0.15, -0.1) is 0 Å². The van der Waals surface area contributed by atoms with Gasteiger partial charge in [-0.2, -0.15) is 0 Å². The van der Waals surface area contributed by atoms with E-state index in [-0.39, 0.29) is 23.6 Å². The molecule has 0 amide bonds. The van der Waals surface area contributed by atoms with Crippen molar-refractivity contribution in [2.45, 2.75) is 25.4 Å². The molecule has 1 aromatic rings. The second kappa shape index (κ2) is 5.68. The smallest absolute Gasteiger partial charge is 0.330 e. The lowest BCUT2D eigenvalue weighted by Gasteiger charge is -2.25. The maximum Gasteiger partial charge on any atom is 0.330 e. The number of nitrogens with two attached hydrogens (primary N) is 1.